The van der Waals surface area contributed by atoms with Gasteiger partial charge in [-0.25, -0.2) is 9.59 Å². The van der Waals surface area contributed by atoms with Crippen LogP contribution in [0.4, 0.5) is 4.79 Å². The molecule has 2 unspecified atom stereocenters. The highest BCUT2D eigenvalue weighted by Gasteiger charge is 2.26. The van der Waals surface area contributed by atoms with Crippen LogP contribution in [0, 0.1) is 5.92 Å². The Kier molecular flexibility index (Phi) is 6.32. The summed E-state index contributed by atoms with van der Waals surface area (Å²) in [7, 11) is 0. The molecule has 3 atom stereocenters. The van der Waals surface area contributed by atoms with Gasteiger partial charge in [-0.05, 0) is 24.5 Å². The Balaban J connectivity index is 2.42. The molecule has 1 heterocycles. The first-order chi connectivity index (χ1) is 8.54. The molecule has 0 radical (unpaired) electrons. The summed E-state index contributed by atoms with van der Waals surface area (Å²) in [6.07, 6.45) is 2.79. The number of rotatable bonds is 5. The van der Waals surface area contributed by atoms with Gasteiger partial charge < -0.3 is 15.7 Å². The minimum Gasteiger partial charge on any atom is -0.480 e. The highest BCUT2D eigenvalue weighted by molar-refractivity contribution is 7.99. The molecule has 1 fully saturated rings. The lowest BCUT2D eigenvalue weighted by atomic mass is 9.99. The van der Waals surface area contributed by atoms with E-state index in [1.165, 1.54) is 0 Å². The molecule has 0 aromatic carbocycles. The average molecular weight is 274 g/mol. The number of thioether (sulfide) groups is 1. The lowest BCUT2D eigenvalue weighted by molar-refractivity contribution is -0.140. The van der Waals surface area contributed by atoms with Gasteiger partial charge in [0.1, 0.15) is 6.04 Å². The normalized spacial score (nSPS) is 22.9. The van der Waals surface area contributed by atoms with E-state index in [2.05, 4.69) is 10.6 Å². The summed E-state index contributed by atoms with van der Waals surface area (Å²) >= 11 is 1.82. The number of amides is 2. The van der Waals surface area contributed by atoms with Gasteiger partial charge in [0.2, 0.25) is 0 Å². The molecule has 6 heteroatoms. The summed E-state index contributed by atoms with van der Waals surface area (Å²) in [5.41, 5.74) is 0. The third-order valence-electron chi connectivity index (χ3n) is 3.26. The number of hydrogen-bond acceptors (Lipinski definition) is 3. The lowest BCUT2D eigenvalue weighted by Crippen LogP contribution is -2.52. The van der Waals surface area contributed by atoms with Gasteiger partial charge in [0.25, 0.3) is 0 Å². The monoisotopic (exact) mass is 274 g/mol. The van der Waals surface area contributed by atoms with E-state index in [0.717, 1.165) is 30.8 Å². The van der Waals surface area contributed by atoms with E-state index >= 15 is 0 Å². The highest BCUT2D eigenvalue weighted by atomic mass is 32.2. The molecule has 3 N–H and O–H groups in total. The van der Waals surface area contributed by atoms with Crippen molar-refractivity contribution in [3.05, 3.63) is 0 Å². The van der Waals surface area contributed by atoms with Gasteiger partial charge in [0.05, 0.1) is 0 Å². The standard InChI is InChI=1S/C12H22N2O3S/c1-3-8(2)10(11(15)16)14-12(17)13-9-5-4-6-18-7-9/h8-10H,3-7H2,1-2H3,(H,15,16)(H2,13,14,17)/t8?,9?,10-/m0/s1. The number of nitrogens with one attached hydrogen (secondary N) is 2. The minimum atomic E-state index is -0.975. The number of carboxylic acids is 1. The molecular weight excluding hydrogens is 252 g/mol. The first-order valence-corrected chi connectivity index (χ1v) is 7.57. The molecule has 0 aromatic rings. The smallest absolute Gasteiger partial charge is 0.326 e. The van der Waals surface area contributed by atoms with Crippen LogP contribution in [0.5, 0.6) is 0 Å². The minimum absolute atomic E-state index is 0.0750. The summed E-state index contributed by atoms with van der Waals surface area (Å²) < 4.78 is 0. The van der Waals surface area contributed by atoms with E-state index in [-0.39, 0.29) is 18.0 Å². The van der Waals surface area contributed by atoms with Crippen molar-refractivity contribution in [3.63, 3.8) is 0 Å². The van der Waals surface area contributed by atoms with Crippen molar-refractivity contribution in [2.45, 2.75) is 45.2 Å². The molecule has 1 aliphatic heterocycles. The van der Waals surface area contributed by atoms with Crippen molar-refractivity contribution in [1.82, 2.24) is 10.6 Å². The molecule has 1 saturated heterocycles. The van der Waals surface area contributed by atoms with Crippen LogP contribution in [0.25, 0.3) is 0 Å². The summed E-state index contributed by atoms with van der Waals surface area (Å²) in [4.78, 5) is 22.8. The second-order valence-corrected chi connectivity index (χ2v) is 5.88. The van der Waals surface area contributed by atoms with Gasteiger partial charge in [-0.3, -0.25) is 0 Å². The van der Waals surface area contributed by atoms with Crippen molar-refractivity contribution >= 4 is 23.8 Å². The number of hydrogen-bond donors (Lipinski definition) is 3. The van der Waals surface area contributed by atoms with Gasteiger partial charge in [-0.2, -0.15) is 11.8 Å². The number of carbonyl (C=O) groups excluding carboxylic acids is 1. The van der Waals surface area contributed by atoms with Crippen molar-refractivity contribution in [3.8, 4) is 0 Å². The Bertz CT molecular complexity index is 293. The predicted octanol–water partition coefficient (Wildman–Crippen LogP) is 1.68. The zero-order chi connectivity index (χ0) is 13.5. The van der Waals surface area contributed by atoms with Gasteiger partial charge >= 0.3 is 12.0 Å². The Morgan fingerprint density at radius 1 is 1.50 bits per heavy atom. The Hall–Kier alpha value is -0.910. The summed E-state index contributed by atoms with van der Waals surface area (Å²) in [6, 6.07) is -1.02. The number of carbonyl (C=O) groups is 2. The SMILES string of the molecule is CCC(C)[C@H](NC(=O)NC1CCCSC1)C(=O)O. The molecule has 1 rings (SSSR count). The lowest BCUT2D eigenvalue weighted by Gasteiger charge is -2.25. The maximum atomic E-state index is 11.8. The number of urea groups is 1. The van der Waals surface area contributed by atoms with E-state index in [0.29, 0.717) is 0 Å². The van der Waals surface area contributed by atoms with Crippen LogP contribution in [0.1, 0.15) is 33.1 Å². The van der Waals surface area contributed by atoms with E-state index in [9.17, 15) is 9.59 Å². The van der Waals surface area contributed by atoms with Crippen LogP contribution in [0.2, 0.25) is 0 Å². The van der Waals surface area contributed by atoms with Crippen LogP contribution < -0.4 is 10.6 Å². The predicted molar refractivity (Wildman–Crippen MR) is 72.9 cm³/mol. The zero-order valence-corrected chi connectivity index (χ0v) is 11.8. The summed E-state index contributed by atoms with van der Waals surface area (Å²) in [6.45, 7) is 3.74. The summed E-state index contributed by atoms with van der Waals surface area (Å²) in [5, 5.41) is 14.5. The average Bonchev–Trinajstić information content (AvgIpc) is 2.36. The van der Waals surface area contributed by atoms with Crippen LogP contribution in [-0.2, 0) is 4.79 Å². The fourth-order valence-electron chi connectivity index (χ4n) is 1.91. The van der Waals surface area contributed by atoms with Gasteiger partial charge in [0, 0.05) is 11.8 Å². The van der Waals surface area contributed by atoms with Gasteiger partial charge in [-0.1, -0.05) is 20.3 Å². The molecule has 0 spiro atoms. The Morgan fingerprint density at radius 2 is 2.22 bits per heavy atom. The zero-order valence-electron chi connectivity index (χ0n) is 10.9. The second-order valence-electron chi connectivity index (χ2n) is 4.73. The van der Waals surface area contributed by atoms with Crippen LogP contribution in [0.15, 0.2) is 0 Å². The largest absolute Gasteiger partial charge is 0.480 e. The molecule has 2 amide bonds. The second kappa shape index (κ2) is 7.51. The molecule has 104 valence electrons. The molecular formula is C12H22N2O3S. The fraction of sp³-hybridized carbons (Fsp3) is 0.833. The van der Waals surface area contributed by atoms with Crippen LogP contribution in [0.3, 0.4) is 0 Å². The van der Waals surface area contributed by atoms with E-state index < -0.39 is 12.0 Å². The molecule has 0 aromatic heterocycles. The van der Waals surface area contributed by atoms with E-state index in [4.69, 9.17) is 5.11 Å². The fourth-order valence-corrected chi connectivity index (χ4v) is 2.98. The van der Waals surface area contributed by atoms with Gasteiger partial charge in [-0.15, -0.1) is 0 Å². The number of carboxylic acid groups (broad SMARTS) is 1. The van der Waals surface area contributed by atoms with E-state index in [1.807, 2.05) is 25.6 Å². The Morgan fingerprint density at radius 3 is 2.72 bits per heavy atom. The van der Waals surface area contributed by atoms with Gasteiger partial charge in [0.15, 0.2) is 0 Å². The number of aliphatic carboxylic acids is 1. The molecule has 0 aliphatic carbocycles. The molecule has 18 heavy (non-hydrogen) atoms. The van der Waals surface area contributed by atoms with Crippen molar-refractivity contribution in [2.75, 3.05) is 11.5 Å². The highest BCUT2D eigenvalue weighted by Crippen LogP contribution is 2.16. The first-order valence-electron chi connectivity index (χ1n) is 6.42. The molecule has 0 saturated carbocycles. The Labute approximate surface area is 112 Å². The third kappa shape index (κ3) is 4.76. The quantitative estimate of drug-likeness (QED) is 0.713. The van der Waals surface area contributed by atoms with Crippen molar-refractivity contribution in [1.29, 1.82) is 0 Å². The molecule has 5 nitrogen and oxygen atoms in total. The van der Waals surface area contributed by atoms with Crippen LogP contribution >= 0.6 is 11.8 Å². The van der Waals surface area contributed by atoms with E-state index in [1.54, 1.807) is 0 Å². The first kappa shape index (κ1) is 15.1. The third-order valence-corrected chi connectivity index (χ3v) is 4.48. The topological polar surface area (TPSA) is 78.4 Å². The van der Waals surface area contributed by atoms with Crippen molar-refractivity contribution in [2.24, 2.45) is 5.92 Å². The molecule has 1 aliphatic rings. The maximum absolute atomic E-state index is 11.8. The van der Waals surface area contributed by atoms with Crippen LogP contribution in [-0.4, -0.2) is 40.7 Å². The maximum Gasteiger partial charge on any atom is 0.326 e. The summed E-state index contributed by atoms with van der Waals surface area (Å²) in [5.74, 6) is 1.00. The van der Waals surface area contributed by atoms with Crippen molar-refractivity contribution < 1.29 is 14.7 Å². The molecule has 0 bridgehead atoms.